The molecule has 1 aromatic rings. The lowest BCUT2D eigenvalue weighted by molar-refractivity contribution is 0.304. The number of benzene rings is 1. The Morgan fingerprint density at radius 1 is 0.704 bits per heavy atom. The van der Waals surface area contributed by atoms with Gasteiger partial charge in [0.15, 0.2) is 0 Å². The first kappa shape index (κ1) is 24.0. The molecule has 0 aliphatic carbocycles. The van der Waals surface area contributed by atoms with Gasteiger partial charge in [-0.25, -0.2) is 8.42 Å². The normalized spacial score (nSPS) is 11.6. The molecule has 0 radical (unpaired) electrons. The van der Waals surface area contributed by atoms with Gasteiger partial charge in [-0.2, -0.15) is 0 Å². The molecule has 0 N–H and O–H groups in total. The van der Waals surface area contributed by atoms with Crippen molar-refractivity contribution in [2.45, 2.75) is 102 Å². The summed E-state index contributed by atoms with van der Waals surface area (Å²) in [5.41, 5.74) is 0. The molecular weight excluding hydrogens is 360 g/mol. The van der Waals surface area contributed by atoms with E-state index < -0.39 is 10.1 Å². The summed E-state index contributed by atoms with van der Waals surface area (Å²) in [7, 11) is -4.38. The highest BCUT2D eigenvalue weighted by molar-refractivity contribution is 7.85. The monoisotopic (exact) mass is 397 g/mol. The molecular formula is C22H37O4S-. The highest BCUT2D eigenvalue weighted by Gasteiger charge is 2.01. The first-order valence-electron chi connectivity index (χ1n) is 10.7. The van der Waals surface area contributed by atoms with Gasteiger partial charge in [0, 0.05) is 0 Å². The molecule has 0 aromatic heterocycles. The van der Waals surface area contributed by atoms with Gasteiger partial charge >= 0.3 is 0 Å². The van der Waals surface area contributed by atoms with Gasteiger partial charge in [-0.1, -0.05) is 90.4 Å². The molecule has 0 heterocycles. The zero-order valence-corrected chi connectivity index (χ0v) is 17.8. The molecule has 0 aliphatic heterocycles. The Hall–Kier alpha value is -1.07. The van der Waals surface area contributed by atoms with Crippen LogP contribution < -0.4 is 4.74 Å². The second kappa shape index (κ2) is 14.9. The van der Waals surface area contributed by atoms with Gasteiger partial charge in [0.25, 0.3) is 0 Å². The Bertz CT molecular complexity index is 566. The van der Waals surface area contributed by atoms with E-state index in [9.17, 15) is 13.0 Å². The van der Waals surface area contributed by atoms with E-state index in [4.69, 9.17) is 4.74 Å². The van der Waals surface area contributed by atoms with Crippen molar-refractivity contribution in [3.63, 3.8) is 0 Å². The van der Waals surface area contributed by atoms with Gasteiger partial charge in [0.05, 0.1) is 11.5 Å². The van der Waals surface area contributed by atoms with E-state index in [1.807, 2.05) is 0 Å². The molecule has 4 nitrogen and oxygen atoms in total. The number of unbranched alkanes of at least 4 members (excludes halogenated alkanes) is 13. The maximum atomic E-state index is 10.9. The fraction of sp³-hybridized carbons (Fsp3) is 0.727. The lowest BCUT2D eigenvalue weighted by Crippen LogP contribution is -2.00. The predicted molar refractivity (Wildman–Crippen MR) is 110 cm³/mol. The molecule has 1 aromatic carbocycles. The molecule has 156 valence electrons. The Morgan fingerprint density at radius 2 is 1.11 bits per heavy atom. The summed E-state index contributed by atoms with van der Waals surface area (Å²) in [6, 6.07) is 5.66. The van der Waals surface area contributed by atoms with Gasteiger partial charge < -0.3 is 9.29 Å². The second-order valence-electron chi connectivity index (χ2n) is 7.37. The smallest absolute Gasteiger partial charge is 0.124 e. The Balaban J connectivity index is 1.88. The Morgan fingerprint density at radius 3 is 1.52 bits per heavy atom. The van der Waals surface area contributed by atoms with Crippen LogP contribution in [-0.4, -0.2) is 19.6 Å². The number of ether oxygens (including phenoxy) is 1. The minimum atomic E-state index is -4.38. The Kier molecular flexibility index (Phi) is 13.2. The van der Waals surface area contributed by atoms with Gasteiger partial charge in [0.1, 0.15) is 15.9 Å². The third kappa shape index (κ3) is 12.9. The van der Waals surface area contributed by atoms with Crippen molar-refractivity contribution in [3.05, 3.63) is 24.3 Å². The summed E-state index contributed by atoms with van der Waals surface area (Å²) in [5, 5.41) is 0. The van der Waals surface area contributed by atoms with Gasteiger partial charge in [-0.05, 0) is 30.7 Å². The number of rotatable bonds is 17. The number of hydrogen-bond acceptors (Lipinski definition) is 4. The lowest BCUT2D eigenvalue weighted by Gasteiger charge is -2.09. The van der Waals surface area contributed by atoms with Crippen LogP contribution in [0.5, 0.6) is 5.75 Å². The van der Waals surface area contributed by atoms with E-state index in [2.05, 4.69) is 6.92 Å². The fourth-order valence-electron chi connectivity index (χ4n) is 3.19. The molecule has 0 saturated heterocycles. The van der Waals surface area contributed by atoms with Gasteiger partial charge in [-0.15, -0.1) is 0 Å². The third-order valence-electron chi connectivity index (χ3n) is 4.88. The molecule has 1 rings (SSSR count). The van der Waals surface area contributed by atoms with E-state index in [0.29, 0.717) is 12.4 Å². The van der Waals surface area contributed by atoms with E-state index in [0.717, 1.165) is 12.8 Å². The second-order valence-corrected chi connectivity index (χ2v) is 8.75. The van der Waals surface area contributed by atoms with Crippen LogP contribution in [0.1, 0.15) is 96.8 Å². The predicted octanol–water partition coefficient (Wildman–Crippen LogP) is 6.45. The molecule has 0 bridgehead atoms. The topological polar surface area (TPSA) is 66.4 Å². The first-order chi connectivity index (χ1) is 13.0. The Labute approximate surface area is 166 Å². The minimum Gasteiger partial charge on any atom is -0.744 e. The van der Waals surface area contributed by atoms with E-state index >= 15 is 0 Å². The molecule has 0 fully saturated rings. The summed E-state index contributed by atoms with van der Waals surface area (Å²) < 4.78 is 38.1. The largest absolute Gasteiger partial charge is 0.744 e. The van der Waals surface area contributed by atoms with Crippen LogP contribution in [-0.2, 0) is 10.1 Å². The summed E-state index contributed by atoms with van der Waals surface area (Å²) in [4.78, 5) is -0.216. The molecule has 27 heavy (non-hydrogen) atoms. The molecule has 0 amide bonds. The summed E-state index contributed by atoms with van der Waals surface area (Å²) in [6.07, 6.45) is 18.5. The maximum Gasteiger partial charge on any atom is 0.124 e. The third-order valence-corrected chi connectivity index (χ3v) is 5.73. The van der Waals surface area contributed by atoms with E-state index in [1.165, 1.54) is 101 Å². The highest BCUT2D eigenvalue weighted by Crippen LogP contribution is 2.16. The molecule has 0 unspecified atom stereocenters. The van der Waals surface area contributed by atoms with Crippen LogP contribution >= 0.6 is 0 Å². The van der Waals surface area contributed by atoms with Gasteiger partial charge in [0.2, 0.25) is 0 Å². The van der Waals surface area contributed by atoms with Crippen LogP contribution in [0.25, 0.3) is 0 Å². The molecule has 0 saturated carbocycles. The SMILES string of the molecule is CCCCCCCCCCCCCCCCOc1ccc(S(=O)(=O)[O-])cc1. The zero-order valence-electron chi connectivity index (χ0n) is 17.0. The summed E-state index contributed by atoms with van der Waals surface area (Å²) >= 11 is 0. The van der Waals surface area contributed by atoms with Crippen LogP contribution in [0.15, 0.2) is 29.2 Å². The van der Waals surface area contributed by atoms with Crippen molar-refractivity contribution < 1.29 is 17.7 Å². The average Bonchev–Trinajstić information content (AvgIpc) is 2.64. The summed E-state index contributed by atoms with van der Waals surface area (Å²) in [6.45, 7) is 2.89. The first-order valence-corrected chi connectivity index (χ1v) is 12.1. The van der Waals surface area contributed by atoms with Crippen molar-refractivity contribution in [2.24, 2.45) is 0 Å². The van der Waals surface area contributed by atoms with E-state index in [1.54, 1.807) is 0 Å². The standard InChI is InChI=1S/C22H38O4S/c1-2-3-4-5-6-7-8-9-10-11-12-13-14-15-20-26-21-16-18-22(19-17-21)27(23,24)25/h16-19H,2-15,20H2,1H3,(H,23,24,25)/p-1. The maximum absolute atomic E-state index is 10.9. The van der Waals surface area contributed by atoms with Crippen LogP contribution in [0, 0.1) is 0 Å². The highest BCUT2D eigenvalue weighted by atomic mass is 32.2. The molecule has 5 heteroatoms. The molecule has 0 aliphatic rings. The summed E-state index contributed by atoms with van der Waals surface area (Å²) in [5.74, 6) is 0.608. The van der Waals surface area contributed by atoms with Crippen LogP contribution in [0.3, 0.4) is 0 Å². The molecule has 0 atom stereocenters. The number of hydrogen-bond donors (Lipinski definition) is 0. The van der Waals surface area contributed by atoms with Crippen molar-refractivity contribution in [3.8, 4) is 5.75 Å². The van der Waals surface area contributed by atoms with Crippen molar-refractivity contribution in [2.75, 3.05) is 6.61 Å². The minimum absolute atomic E-state index is 0.216. The average molecular weight is 398 g/mol. The van der Waals surface area contributed by atoms with Crippen molar-refractivity contribution in [1.82, 2.24) is 0 Å². The van der Waals surface area contributed by atoms with Gasteiger partial charge in [-0.3, -0.25) is 0 Å². The fourth-order valence-corrected chi connectivity index (χ4v) is 3.66. The van der Waals surface area contributed by atoms with Crippen molar-refractivity contribution >= 4 is 10.1 Å². The molecule has 0 spiro atoms. The lowest BCUT2D eigenvalue weighted by atomic mass is 10.0. The van der Waals surface area contributed by atoms with Crippen LogP contribution in [0.2, 0.25) is 0 Å². The van der Waals surface area contributed by atoms with Crippen LogP contribution in [0.4, 0.5) is 0 Å². The zero-order chi connectivity index (χ0) is 19.8. The quantitative estimate of drug-likeness (QED) is 0.224. The van der Waals surface area contributed by atoms with E-state index in [-0.39, 0.29) is 4.90 Å². The van der Waals surface area contributed by atoms with Crippen molar-refractivity contribution in [1.29, 1.82) is 0 Å².